The molecule has 84 valence electrons. The maximum Gasteiger partial charge on any atom is 0.230 e. The fraction of sp³-hybridized carbons (Fsp3) is 0.800. The van der Waals surface area contributed by atoms with Crippen LogP contribution < -0.4 is 0 Å². The number of ether oxygens (including phenoxy) is 1. The Morgan fingerprint density at radius 1 is 1.40 bits per heavy atom. The first-order valence-corrected chi connectivity index (χ1v) is 5.29. The topological polar surface area (TPSA) is 66.8 Å². The highest BCUT2D eigenvalue weighted by atomic mass is 16.5. The van der Waals surface area contributed by atoms with E-state index in [1.165, 1.54) is 4.90 Å². The highest BCUT2D eigenvalue weighted by Crippen LogP contribution is 2.32. The molecule has 2 rings (SSSR count). The van der Waals surface area contributed by atoms with Crippen molar-refractivity contribution in [3.05, 3.63) is 0 Å². The number of aliphatic hydroxyl groups is 1. The minimum atomic E-state index is -0.618. The number of aliphatic hydroxyl groups excluding tert-OH is 1. The number of amides is 2. The number of imide groups is 1. The van der Waals surface area contributed by atoms with Crippen molar-refractivity contribution in [2.75, 3.05) is 6.61 Å². The van der Waals surface area contributed by atoms with Gasteiger partial charge in [-0.05, 0) is 6.92 Å². The Morgan fingerprint density at radius 2 is 2.00 bits per heavy atom. The van der Waals surface area contributed by atoms with E-state index in [9.17, 15) is 14.7 Å². The van der Waals surface area contributed by atoms with Crippen LogP contribution in [-0.4, -0.2) is 46.7 Å². The van der Waals surface area contributed by atoms with E-state index in [1.807, 2.05) is 6.92 Å². The van der Waals surface area contributed by atoms with Crippen LogP contribution in [0, 0.1) is 0 Å². The van der Waals surface area contributed by atoms with Gasteiger partial charge in [0.2, 0.25) is 11.8 Å². The molecule has 0 radical (unpaired) electrons. The normalized spacial score (nSPS) is 35.9. The number of nitrogens with zero attached hydrogens (tertiary/aromatic N) is 1. The van der Waals surface area contributed by atoms with E-state index in [1.54, 1.807) is 0 Å². The van der Waals surface area contributed by atoms with Gasteiger partial charge in [-0.2, -0.15) is 0 Å². The monoisotopic (exact) mass is 213 g/mol. The molecule has 3 atom stereocenters. The standard InChI is InChI=1S/C10H15NO4/c1-2-15-7-5-6(12)10(7)11-8(13)3-4-9(11)14/h6-7,10,12H,2-5H2,1H3/t6-,7-,10+/m1/s1. The molecule has 2 fully saturated rings. The predicted molar refractivity (Wildman–Crippen MR) is 50.9 cm³/mol. The minimum Gasteiger partial charge on any atom is -0.391 e. The van der Waals surface area contributed by atoms with Crippen molar-refractivity contribution in [2.24, 2.45) is 0 Å². The molecular weight excluding hydrogens is 198 g/mol. The minimum absolute atomic E-state index is 0.184. The van der Waals surface area contributed by atoms with E-state index in [-0.39, 0.29) is 30.8 Å². The number of hydrogen-bond acceptors (Lipinski definition) is 4. The van der Waals surface area contributed by atoms with Gasteiger partial charge in [-0.15, -0.1) is 0 Å². The summed E-state index contributed by atoms with van der Waals surface area (Å²) < 4.78 is 5.36. The van der Waals surface area contributed by atoms with Crippen molar-refractivity contribution >= 4 is 11.8 Å². The number of likely N-dealkylation sites (tertiary alicyclic amines) is 1. The molecule has 0 aromatic carbocycles. The van der Waals surface area contributed by atoms with E-state index < -0.39 is 12.1 Å². The van der Waals surface area contributed by atoms with E-state index >= 15 is 0 Å². The van der Waals surface area contributed by atoms with Crippen molar-refractivity contribution in [2.45, 2.75) is 44.4 Å². The highest BCUT2D eigenvalue weighted by Gasteiger charge is 2.50. The first-order chi connectivity index (χ1) is 7.15. The lowest BCUT2D eigenvalue weighted by atomic mass is 9.84. The summed E-state index contributed by atoms with van der Waals surface area (Å²) in [6.07, 6.45) is 0.237. The average Bonchev–Trinajstić information content (AvgIpc) is 2.49. The van der Waals surface area contributed by atoms with E-state index in [0.717, 1.165) is 0 Å². The number of carbonyl (C=O) groups is 2. The van der Waals surface area contributed by atoms with Gasteiger partial charge < -0.3 is 9.84 Å². The molecule has 1 saturated heterocycles. The van der Waals surface area contributed by atoms with Gasteiger partial charge in [0.25, 0.3) is 0 Å². The van der Waals surface area contributed by atoms with Gasteiger partial charge in [-0.25, -0.2) is 0 Å². The summed E-state index contributed by atoms with van der Waals surface area (Å²) in [5.41, 5.74) is 0. The molecule has 0 spiro atoms. The zero-order chi connectivity index (χ0) is 11.0. The zero-order valence-corrected chi connectivity index (χ0v) is 8.68. The molecule has 1 saturated carbocycles. The fourth-order valence-corrected chi connectivity index (χ4v) is 2.21. The van der Waals surface area contributed by atoms with Crippen molar-refractivity contribution in [1.29, 1.82) is 0 Å². The van der Waals surface area contributed by atoms with Crippen LogP contribution in [0.4, 0.5) is 0 Å². The summed E-state index contributed by atoms with van der Waals surface area (Å²) in [4.78, 5) is 24.1. The lowest BCUT2D eigenvalue weighted by Gasteiger charge is -2.45. The van der Waals surface area contributed by atoms with Gasteiger partial charge >= 0.3 is 0 Å². The summed E-state index contributed by atoms with van der Waals surface area (Å²) in [5.74, 6) is -0.373. The van der Waals surface area contributed by atoms with Gasteiger partial charge in [-0.1, -0.05) is 0 Å². The lowest BCUT2D eigenvalue weighted by Crippen LogP contribution is -2.62. The van der Waals surface area contributed by atoms with Crippen molar-refractivity contribution in [3.8, 4) is 0 Å². The molecule has 0 aromatic rings. The highest BCUT2D eigenvalue weighted by molar-refractivity contribution is 6.02. The van der Waals surface area contributed by atoms with Crippen LogP contribution in [0.25, 0.3) is 0 Å². The molecule has 1 aliphatic carbocycles. The summed E-state index contributed by atoms with van der Waals surface area (Å²) in [5, 5.41) is 9.57. The van der Waals surface area contributed by atoms with Gasteiger partial charge in [0.1, 0.15) is 0 Å². The molecule has 2 amide bonds. The first kappa shape index (κ1) is 10.6. The van der Waals surface area contributed by atoms with E-state index in [2.05, 4.69) is 0 Å². The smallest absolute Gasteiger partial charge is 0.230 e. The molecule has 0 bridgehead atoms. The predicted octanol–water partition coefficient (Wildman–Crippen LogP) is -0.326. The van der Waals surface area contributed by atoms with Crippen LogP contribution in [0.3, 0.4) is 0 Å². The number of hydrogen-bond donors (Lipinski definition) is 1. The molecule has 0 unspecified atom stereocenters. The fourth-order valence-electron chi connectivity index (χ4n) is 2.21. The van der Waals surface area contributed by atoms with Gasteiger partial charge in [0.05, 0.1) is 18.2 Å². The molecule has 1 aliphatic heterocycles. The maximum atomic E-state index is 11.5. The van der Waals surface area contributed by atoms with E-state index in [4.69, 9.17) is 4.74 Å². The molecule has 5 heteroatoms. The third-order valence-electron chi connectivity index (χ3n) is 3.02. The third-order valence-corrected chi connectivity index (χ3v) is 3.02. The molecular formula is C10H15NO4. The van der Waals surface area contributed by atoms with Gasteiger partial charge in [0, 0.05) is 25.9 Å². The van der Waals surface area contributed by atoms with Crippen LogP contribution in [0.5, 0.6) is 0 Å². The number of carbonyl (C=O) groups excluding carboxylic acids is 2. The van der Waals surface area contributed by atoms with Crippen LogP contribution in [-0.2, 0) is 14.3 Å². The maximum absolute atomic E-state index is 11.5. The Bertz CT molecular complexity index is 273. The molecule has 1 N–H and O–H groups in total. The SMILES string of the molecule is CCO[C@@H]1C[C@@H](O)[C@@H]1N1C(=O)CCC1=O. The van der Waals surface area contributed by atoms with E-state index in [0.29, 0.717) is 13.0 Å². The summed E-state index contributed by atoms with van der Waals surface area (Å²) in [7, 11) is 0. The first-order valence-electron chi connectivity index (χ1n) is 5.29. The van der Waals surface area contributed by atoms with Crippen LogP contribution >= 0.6 is 0 Å². The molecule has 2 aliphatic rings. The summed E-state index contributed by atoms with van der Waals surface area (Å²) in [6, 6.07) is -0.451. The molecule has 15 heavy (non-hydrogen) atoms. The molecule has 0 aromatic heterocycles. The average molecular weight is 213 g/mol. The van der Waals surface area contributed by atoms with Gasteiger partial charge in [-0.3, -0.25) is 14.5 Å². The molecule has 5 nitrogen and oxygen atoms in total. The number of rotatable bonds is 3. The van der Waals surface area contributed by atoms with Crippen molar-refractivity contribution in [1.82, 2.24) is 4.90 Å². The Balaban J connectivity index is 2.07. The summed E-state index contributed by atoms with van der Waals surface area (Å²) in [6.45, 7) is 2.39. The largest absolute Gasteiger partial charge is 0.391 e. The van der Waals surface area contributed by atoms with Crippen molar-refractivity contribution < 1.29 is 19.4 Å². The quantitative estimate of drug-likeness (QED) is 0.652. The lowest BCUT2D eigenvalue weighted by molar-refractivity contribution is -0.168. The zero-order valence-electron chi connectivity index (χ0n) is 8.68. The second-order valence-electron chi connectivity index (χ2n) is 3.94. The Morgan fingerprint density at radius 3 is 2.47 bits per heavy atom. The van der Waals surface area contributed by atoms with Gasteiger partial charge in [0.15, 0.2) is 0 Å². The second kappa shape index (κ2) is 3.90. The Kier molecular flexibility index (Phi) is 2.75. The molecule has 1 heterocycles. The van der Waals surface area contributed by atoms with Crippen LogP contribution in [0.1, 0.15) is 26.2 Å². The third kappa shape index (κ3) is 1.66. The summed E-state index contributed by atoms with van der Waals surface area (Å²) >= 11 is 0. The Hall–Kier alpha value is -0.940. The second-order valence-corrected chi connectivity index (χ2v) is 3.94. The Labute approximate surface area is 88.0 Å². The van der Waals surface area contributed by atoms with Crippen LogP contribution in [0.2, 0.25) is 0 Å². The van der Waals surface area contributed by atoms with Crippen molar-refractivity contribution in [3.63, 3.8) is 0 Å². The van der Waals surface area contributed by atoms with Crippen LogP contribution in [0.15, 0.2) is 0 Å².